The van der Waals surface area contributed by atoms with E-state index in [1.54, 1.807) is 7.11 Å². The van der Waals surface area contributed by atoms with Gasteiger partial charge in [-0.2, -0.15) is 0 Å². The normalized spacial score (nSPS) is 14.1. The highest BCUT2D eigenvalue weighted by Crippen LogP contribution is 2.42. The molecular weight excluding hydrogens is 259 g/mol. The van der Waals surface area contributed by atoms with Crippen LogP contribution >= 0.6 is 7.37 Å². The predicted octanol–water partition coefficient (Wildman–Crippen LogP) is 4.09. The number of benzene rings is 1. The third-order valence-corrected chi connectivity index (χ3v) is 5.27. The second-order valence-electron chi connectivity index (χ2n) is 4.95. The van der Waals surface area contributed by atoms with Crippen molar-refractivity contribution in [2.75, 3.05) is 19.4 Å². The molecule has 4 heteroatoms. The molecule has 0 heterocycles. The Labute approximate surface area is 116 Å². The van der Waals surface area contributed by atoms with Crippen molar-refractivity contribution in [2.24, 2.45) is 0 Å². The first kappa shape index (κ1) is 16.3. The quantitative estimate of drug-likeness (QED) is 0.549. The van der Waals surface area contributed by atoms with Gasteiger partial charge in [-0.3, -0.25) is 4.57 Å². The second kappa shape index (κ2) is 8.39. The van der Waals surface area contributed by atoms with E-state index in [9.17, 15) is 9.46 Å². The molecule has 0 spiro atoms. The molecule has 1 aromatic carbocycles. The standard InChI is InChI=1S/C15H25O3P/c1-3-4-12-19(16,17)13-6-5-7-14-8-10-15(18-2)11-9-14/h8-11H,3-7,12-13H2,1-2H3,(H,16,17). The Balaban J connectivity index is 2.24. The first-order chi connectivity index (χ1) is 9.07. The Morgan fingerprint density at radius 1 is 1.11 bits per heavy atom. The Hall–Kier alpha value is -0.790. The average molecular weight is 284 g/mol. The van der Waals surface area contributed by atoms with E-state index in [1.165, 1.54) is 5.56 Å². The summed E-state index contributed by atoms with van der Waals surface area (Å²) >= 11 is 0. The third kappa shape index (κ3) is 6.79. The van der Waals surface area contributed by atoms with Gasteiger partial charge >= 0.3 is 0 Å². The molecule has 19 heavy (non-hydrogen) atoms. The monoisotopic (exact) mass is 284 g/mol. The Morgan fingerprint density at radius 2 is 1.74 bits per heavy atom. The Kier molecular flexibility index (Phi) is 7.19. The van der Waals surface area contributed by atoms with Crippen LogP contribution in [0.2, 0.25) is 0 Å². The van der Waals surface area contributed by atoms with Crippen LogP contribution in [0.5, 0.6) is 5.75 Å². The first-order valence-corrected chi connectivity index (χ1v) is 9.04. The van der Waals surface area contributed by atoms with Gasteiger partial charge in [0.05, 0.1) is 7.11 Å². The number of unbranched alkanes of at least 4 members (excludes halogenated alkanes) is 2. The smallest absolute Gasteiger partial charge is 0.200 e. The van der Waals surface area contributed by atoms with Gasteiger partial charge in [-0.15, -0.1) is 0 Å². The number of hydrogen-bond donors (Lipinski definition) is 1. The van der Waals surface area contributed by atoms with Crippen LogP contribution in [-0.4, -0.2) is 24.3 Å². The minimum absolute atomic E-state index is 0.461. The summed E-state index contributed by atoms with van der Waals surface area (Å²) < 4.78 is 16.9. The fraction of sp³-hybridized carbons (Fsp3) is 0.600. The van der Waals surface area contributed by atoms with Crippen LogP contribution in [0.1, 0.15) is 38.2 Å². The summed E-state index contributed by atoms with van der Waals surface area (Å²) in [4.78, 5) is 9.75. The lowest BCUT2D eigenvalue weighted by Crippen LogP contribution is -1.96. The highest BCUT2D eigenvalue weighted by atomic mass is 31.2. The molecule has 3 nitrogen and oxygen atoms in total. The lowest BCUT2D eigenvalue weighted by molar-refractivity contribution is 0.414. The van der Waals surface area contributed by atoms with E-state index in [4.69, 9.17) is 4.74 Å². The van der Waals surface area contributed by atoms with E-state index in [1.807, 2.05) is 19.1 Å². The van der Waals surface area contributed by atoms with Crippen LogP contribution in [0.3, 0.4) is 0 Å². The zero-order valence-electron chi connectivity index (χ0n) is 12.0. The molecule has 0 amide bonds. The summed E-state index contributed by atoms with van der Waals surface area (Å²) in [5.74, 6) is 0.864. The van der Waals surface area contributed by atoms with Crippen molar-refractivity contribution >= 4 is 7.37 Å². The third-order valence-electron chi connectivity index (χ3n) is 3.24. The summed E-state index contributed by atoms with van der Waals surface area (Å²) in [7, 11) is -1.21. The highest BCUT2D eigenvalue weighted by molar-refractivity contribution is 7.57. The van der Waals surface area contributed by atoms with Gasteiger partial charge in [0, 0.05) is 12.3 Å². The van der Waals surface area contributed by atoms with Gasteiger partial charge < -0.3 is 9.63 Å². The number of rotatable bonds is 9. The van der Waals surface area contributed by atoms with E-state index in [0.29, 0.717) is 12.3 Å². The lowest BCUT2D eigenvalue weighted by atomic mass is 10.1. The first-order valence-electron chi connectivity index (χ1n) is 7.01. The predicted molar refractivity (Wildman–Crippen MR) is 80.4 cm³/mol. The van der Waals surface area contributed by atoms with Gasteiger partial charge in [-0.1, -0.05) is 25.5 Å². The van der Waals surface area contributed by atoms with E-state index >= 15 is 0 Å². The van der Waals surface area contributed by atoms with Crippen molar-refractivity contribution in [3.05, 3.63) is 29.8 Å². The van der Waals surface area contributed by atoms with E-state index in [2.05, 4.69) is 12.1 Å². The zero-order chi connectivity index (χ0) is 14.1. The zero-order valence-corrected chi connectivity index (χ0v) is 12.9. The van der Waals surface area contributed by atoms with Gasteiger partial charge in [0.25, 0.3) is 0 Å². The molecule has 0 aromatic heterocycles. The van der Waals surface area contributed by atoms with Crippen molar-refractivity contribution in [3.63, 3.8) is 0 Å². The van der Waals surface area contributed by atoms with E-state index in [-0.39, 0.29) is 0 Å². The molecule has 0 bridgehead atoms. The number of ether oxygens (including phenoxy) is 1. The van der Waals surface area contributed by atoms with E-state index < -0.39 is 7.37 Å². The van der Waals surface area contributed by atoms with Crippen LogP contribution in [-0.2, 0) is 11.0 Å². The molecule has 0 aliphatic carbocycles. The van der Waals surface area contributed by atoms with Gasteiger partial charge in [-0.25, -0.2) is 0 Å². The summed E-state index contributed by atoms with van der Waals surface area (Å²) in [5.41, 5.74) is 1.25. The molecule has 0 saturated carbocycles. The molecule has 1 rings (SSSR count). The summed E-state index contributed by atoms with van der Waals surface area (Å²) in [5, 5.41) is 0. The topological polar surface area (TPSA) is 46.5 Å². The molecule has 1 aromatic rings. The molecule has 1 unspecified atom stereocenters. The van der Waals surface area contributed by atoms with E-state index in [0.717, 1.165) is 37.9 Å². The fourth-order valence-electron chi connectivity index (χ4n) is 2.00. The van der Waals surface area contributed by atoms with Crippen LogP contribution in [0.4, 0.5) is 0 Å². The minimum atomic E-state index is -2.86. The van der Waals surface area contributed by atoms with Crippen LogP contribution < -0.4 is 4.74 Å². The van der Waals surface area contributed by atoms with Crippen molar-refractivity contribution < 1.29 is 14.2 Å². The molecule has 0 radical (unpaired) electrons. The van der Waals surface area contributed by atoms with Crippen molar-refractivity contribution in [1.29, 1.82) is 0 Å². The molecule has 0 aliphatic heterocycles. The maximum atomic E-state index is 11.8. The number of aryl methyl sites for hydroxylation is 1. The Morgan fingerprint density at radius 3 is 2.32 bits per heavy atom. The molecule has 0 saturated heterocycles. The number of methoxy groups -OCH3 is 1. The molecule has 1 N–H and O–H groups in total. The molecule has 108 valence electrons. The number of hydrogen-bond acceptors (Lipinski definition) is 2. The van der Waals surface area contributed by atoms with Gasteiger partial charge in [-0.05, 0) is 43.4 Å². The van der Waals surface area contributed by atoms with Crippen LogP contribution in [0.25, 0.3) is 0 Å². The van der Waals surface area contributed by atoms with Crippen LogP contribution in [0, 0.1) is 0 Å². The summed E-state index contributed by atoms with van der Waals surface area (Å²) in [6.07, 6.45) is 5.52. The molecule has 0 aliphatic rings. The maximum absolute atomic E-state index is 11.8. The summed E-state index contributed by atoms with van der Waals surface area (Å²) in [6.45, 7) is 2.05. The largest absolute Gasteiger partial charge is 0.497 e. The molecule has 1 atom stereocenters. The van der Waals surface area contributed by atoms with Crippen molar-refractivity contribution in [2.45, 2.75) is 39.0 Å². The molecule has 0 fully saturated rings. The minimum Gasteiger partial charge on any atom is -0.497 e. The van der Waals surface area contributed by atoms with Crippen LogP contribution in [0.15, 0.2) is 24.3 Å². The second-order valence-corrected chi connectivity index (χ2v) is 7.54. The van der Waals surface area contributed by atoms with Gasteiger partial charge in [0.1, 0.15) is 5.75 Å². The fourth-order valence-corrected chi connectivity index (χ4v) is 3.75. The Bertz CT molecular complexity index is 400. The van der Waals surface area contributed by atoms with Crippen molar-refractivity contribution in [1.82, 2.24) is 0 Å². The highest BCUT2D eigenvalue weighted by Gasteiger charge is 2.16. The summed E-state index contributed by atoms with van der Waals surface area (Å²) in [6, 6.07) is 8.00. The van der Waals surface area contributed by atoms with Crippen molar-refractivity contribution in [3.8, 4) is 5.75 Å². The SMILES string of the molecule is CCCCP(=O)(O)CCCCc1ccc(OC)cc1. The molecular formula is C15H25O3P. The average Bonchev–Trinajstić information content (AvgIpc) is 2.42. The lowest BCUT2D eigenvalue weighted by Gasteiger charge is -2.10. The van der Waals surface area contributed by atoms with Gasteiger partial charge in [0.2, 0.25) is 7.37 Å². The van der Waals surface area contributed by atoms with Gasteiger partial charge in [0.15, 0.2) is 0 Å². The maximum Gasteiger partial charge on any atom is 0.200 e.